The number of amides is 1. The SMILES string of the molecule is Cc1nc(=O)[nH]c(C)c1CCC(=O)N1CCn2nc(C(O)CO)cc2C1. The lowest BCUT2D eigenvalue weighted by molar-refractivity contribution is -0.132. The molecule has 1 aliphatic rings. The van der Waals surface area contributed by atoms with Crippen molar-refractivity contribution in [1.82, 2.24) is 24.6 Å². The van der Waals surface area contributed by atoms with Crippen molar-refractivity contribution in [2.24, 2.45) is 0 Å². The summed E-state index contributed by atoms with van der Waals surface area (Å²) in [6.07, 6.45) is -0.156. The number of aliphatic hydroxyl groups excluding tert-OH is 2. The number of nitrogens with one attached hydrogen (secondary N) is 1. The second kappa shape index (κ2) is 7.38. The van der Waals surface area contributed by atoms with E-state index in [1.165, 1.54) is 0 Å². The maximum atomic E-state index is 12.6. The van der Waals surface area contributed by atoms with E-state index in [9.17, 15) is 14.7 Å². The molecule has 3 N–H and O–H groups in total. The minimum Gasteiger partial charge on any atom is -0.393 e. The standard InChI is InChI=1S/C17H23N5O4/c1-10-13(11(2)19-17(26)18-10)3-4-16(25)21-5-6-22-12(8-21)7-14(20-22)15(24)9-23/h7,15,23-24H,3-6,8-9H2,1-2H3,(H,18,19,26). The van der Waals surface area contributed by atoms with Crippen molar-refractivity contribution in [2.45, 2.75) is 45.9 Å². The van der Waals surface area contributed by atoms with Crippen molar-refractivity contribution in [3.05, 3.63) is 44.9 Å². The minimum absolute atomic E-state index is 0.0201. The monoisotopic (exact) mass is 361 g/mol. The Morgan fingerprint density at radius 3 is 2.85 bits per heavy atom. The van der Waals surface area contributed by atoms with E-state index in [1.807, 2.05) is 6.92 Å². The molecule has 1 unspecified atom stereocenters. The first-order valence-corrected chi connectivity index (χ1v) is 8.58. The maximum absolute atomic E-state index is 12.6. The molecule has 0 radical (unpaired) electrons. The average molecular weight is 361 g/mol. The fraction of sp³-hybridized carbons (Fsp3) is 0.529. The summed E-state index contributed by atoms with van der Waals surface area (Å²) in [4.78, 5) is 32.3. The highest BCUT2D eigenvalue weighted by Crippen LogP contribution is 2.19. The fourth-order valence-electron chi connectivity index (χ4n) is 3.27. The summed E-state index contributed by atoms with van der Waals surface area (Å²) in [5.41, 5.74) is 3.18. The molecular formula is C17H23N5O4. The van der Waals surface area contributed by atoms with Crippen molar-refractivity contribution in [3.8, 4) is 0 Å². The van der Waals surface area contributed by atoms with Gasteiger partial charge in [0.15, 0.2) is 0 Å². The van der Waals surface area contributed by atoms with Gasteiger partial charge in [0.25, 0.3) is 0 Å². The summed E-state index contributed by atoms with van der Waals surface area (Å²) < 4.78 is 1.76. The Balaban J connectivity index is 1.65. The van der Waals surface area contributed by atoms with Crippen molar-refractivity contribution >= 4 is 5.91 Å². The molecule has 0 aliphatic carbocycles. The van der Waals surface area contributed by atoms with Gasteiger partial charge in [-0.15, -0.1) is 0 Å². The molecule has 2 aromatic rings. The zero-order chi connectivity index (χ0) is 18.8. The topological polar surface area (TPSA) is 124 Å². The van der Waals surface area contributed by atoms with Gasteiger partial charge in [0.1, 0.15) is 6.10 Å². The minimum atomic E-state index is -1.00. The molecular weight excluding hydrogens is 338 g/mol. The number of fused-ring (bicyclic) bond motifs is 1. The van der Waals surface area contributed by atoms with Gasteiger partial charge in [-0.25, -0.2) is 4.79 Å². The lowest BCUT2D eigenvalue weighted by Crippen LogP contribution is -2.38. The molecule has 3 heterocycles. The molecule has 1 atom stereocenters. The molecule has 2 aromatic heterocycles. The van der Waals surface area contributed by atoms with Crippen molar-refractivity contribution in [1.29, 1.82) is 0 Å². The highest BCUT2D eigenvalue weighted by molar-refractivity contribution is 5.76. The summed E-state index contributed by atoms with van der Waals surface area (Å²) in [6.45, 7) is 4.72. The number of hydrogen-bond acceptors (Lipinski definition) is 6. The molecule has 1 amide bonds. The zero-order valence-corrected chi connectivity index (χ0v) is 14.9. The third-order valence-electron chi connectivity index (χ3n) is 4.73. The van der Waals surface area contributed by atoms with Gasteiger partial charge in [-0.2, -0.15) is 10.1 Å². The number of aromatic amines is 1. The van der Waals surface area contributed by atoms with E-state index >= 15 is 0 Å². The maximum Gasteiger partial charge on any atom is 0.345 e. The van der Waals surface area contributed by atoms with Gasteiger partial charge >= 0.3 is 5.69 Å². The molecule has 9 nitrogen and oxygen atoms in total. The van der Waals surface area contributed by atoms with Gasteiger partial charge in [0.05, 0.1) is 31.1 Å². The molecule has 3 rings (SSSR count). The molecule has 0 fully saturated rings. The Bertz CT molecular complexity index is 846. The van der Waals surface area contributed by atoms with Crippen LogP contribution >= 0.6 is 0 Å². The van der Waals surface area contributed by atoms with Crippen LogP contribution in [-0.4, -0.2) is 53.9 Å². The van der Waals surface area contributed by atoms with Gasteiger partial charge in [-0.3, -0.25) is 9.48 Å². The zero-order valence-electron chi connectivity index (χ0n) is 14.9. The lowest BCUT2D eigenvalue weighted by atomic mass is 10.1. The van der Waals surface area contributed by atoms with E-state index in [0.29, 0.717) is 43.9 Å². The van der Waals surface area contributed by atoms with Gasteiger partial charge in [0.2, 0.25) is 5.91 Å². The summed E-state index contributed by atoms with van der Waals surface area (Å²) in [5, 5.41) is 23.0. The van der Waals surface area contributed by atoms with E-state index in [2.05, 4.69) is 15.1 Å². The predicted octanol–water partition coefficient (Wildman–Crippen LogP) is -0.416. The van der Waals surface area contributed by atoms with E-state index in [4.69, 9.17) is 5.11 Å². The predicted molar refractivity (Wildman–Crippen MR) is 92.3 cm³/mol. The Hall–Kier alpha value is -2.52. The number of aromatic nitrogens is 4. The van der Waals surface area contributed by atoms with Crippen LogP contribution in [0.5, 0.6) is 0 Å². The summed E-state index contributed by atoms with van der Waals surface area (Å²) in [6, 6.07) is 1.72. The molecule has 0 saturated carbocycles. The fourth-order valence-corrected chi connectivity index (χ4v) is 3.27. The van der Waals surface area contributed by atoms with E-state index in [0.717, 1.165) is 17.0 Å². The van der Waals surface area contributed by atoms with Gasteiger partial charge in [-0.05, 0) is 31.9 Å². The highest BCUT2D eigenvalue weighted by Gasteiger charge is 2.24. The van der Waals surface area contributed by atoms with Crippen molar-refractivity contribution in [2.75, 3.05) is 13.2 Å². The smallest absolute Gasteiger partial charge is 0.345 e. The summed E-state index contributed by atoms with van der Waals surface area (Å²) in [7, 11) is 0. The highest BCUT2D eigenvalue weighted by atomic mass is 16.3. The second-order valence-electron chi connectivity index (χ2n) is 6.53. The van der Waals surface area contributed by atoms with Crippen LogP contribution in [-0.2, 0) is 24.3 Å². The number of aliphatic hydroxyl groups is 2. The quantitative estimate of drug-likeness (QED) is 0.665. The van der Waals surface area contributed by atoms with Crippen LogP contribution in [0.4, 0.5) is 0 Å². The van der Waals surface area contributed by atoms with E-state index < -0.39 is 6.10 Å². The number of carbonyl (C=O) groups is 1. The van der Waals surface area contributed by atoms with Crippen LogP contribution in [0.15, 0.2) is 10.9 Å². The van der Waals surface area contributed by atoms with Crippen LogP contribution < -0.4 is 5.69 Å². The molecule has 0 spiro atoms. The van der Waals surface area contributed by atoms with Gasteiger partial charge < -0.3 is 20.1 Å². The Morgan fingerprint density at radius 1 is 1.38 bits per heavy atom. The Kier molecular flexibility index (Phi) is 5.19. The van der Waals surface area contributed by atoms with Crippen LogP contribution in [0.3, 0.4) is 0 Å². The number of nitrogens with zero attached hydrogens (tertiary/aromatic N) is 4. The first-order chi connectivity index (χ1) is 12.4. The number of hydrogen-bond donors (Lipinski definition) is 3. The van der Waals surface area contributed by atoms with Crippen LogP contribution in [0.25, 0.3) is 0 Å². The largest absolute Gasteiger partial charge is 0.393 e. The Labute approximate surface area is 150 Å². The van der Waals surface area contributed by atoms with Gasteiger partial charge in [-0.1, -0.05) is 0 Å². The average Bonchev–Trinajstić information content (AvgIpc) is 3.03. The first-order valence-electron chi connectivity index (χ1n) is 8.58. The molecule has 0 aromatic carbocycles. The number of H-pyrrole nitrogens is 1. The number of rotatable bonds is 5. The third-order valence-corrected chi connectivity index (χ3v) is 4.73. The summed E-state index contributed by atoms with van der Waals surface area (Å²) in [5.74, 6) is 0.0201. The van der Waals surface area contributed by atoms with Crippen molar-refractivity contribution < 1.29 is 15.0 Å². The molecule has 26 heavy (non-hydrogen) atoms. The van der Waals surface area contributed by atoms with Crippen LogP contribution in [0, 0.1) is 13.8 Å². The van der Waals surface area contributed by atoms with E-state index in [-0.39, 0.29) is 18.2 Å². The number of aryl methyl sites for hydroxylation is 2. The van der Waals surface area contributed by atoms with Gasteiger partial charge in [0, 0.05) is 24.4 Å². The normalized spacial score (nSPS) is 15.0. The number of carbonyl (C=O) groups excluding carboxylic acids is 1. The molecule has 140 valence electrons. The summed E-state index contributed by atoms with van der Waals surface area (Å²) >= 11 is 0. The Morgan fingerprint density at radius 2 is 2.15 bits per heavy atom. The second-order valence-corrected chi connectivity index (χ2v) is 6.53. The molecule has 1 aliphatic heterocycles. The van der Waals surface area contributed by atoms with E-state index in [1.54, 1.807) is 22.6 Å². The molecule has 0 saturated heterocycles. The van der Waals surface area contributed by atoms with Crippen LogP contribution in [0.1, 0.15) is 40.9 Å². The molecule has 9 heteroatoms. The van der Waals surface area contributed by atoms with Crippen molar-refractivity contribution in [3.63, 3.8) is 0 Å². The lowest BCUT2D eigenvalue weighted by Gasteiger charge is -2.27. The van der Waals surface area contributed by atoms with Crippen LogP contribution in [0.2, 0.25) is 0 Å². The first kappa shape index (κ1) is 18.3. The molecule has 0 bridgehead atoms. The third kappa shape index (κ3) is 3.68.